The lowest BCUT2D eigenvalue weighted by Gasteiger charge is -2.45. The molecule has 1 N–H and O–H groups in total. The molecule has 3 aromatic rings. The molecule has 0 spiro atoms. The third kappa shape index (κ3) is 4.65. The summed E-state index contributed by atoms with van der Waals surface area (Å²) >= 11 is 0. The van der Waals surface area contributed by atoms with Gasteiger partial charge < -0.3 is 10.1 Å². The number of hydrogen-bond donors (Lipinski definition) is 1. The second-order valence-corrected chi connectivity index (χ2v) is 8.51. The van der Waals surface area contributed by atoms with Gasteiger partial charge in [-0.2, -0.15) is 0 Å². The summed E-state index contributed by atoms with van der Waals surface area (Å²) in [6.45, 7) is 6.04. The van der Waals surface area contributed by atoms with E-state index in [-0.39, 0.29) is 11.0 Å². The van der Waals surface area contributed by atoms with E-state index in [0.717, 1.165) is 49.5 Å². The van der Waals surface area contributed by atoms with Crippen LogP contribution in [-0.2, 0) is 10.2 Å². The number of aromatic nitrogens is 2. The lowest BCUT2D eigenvalue weighted by Crippen LogP contribution is -2.44. The molecule has 0 amide bonds. The van der Waals surface area contributed by atoms with Crippen molar-refractivity contribution in [3.05, 3.63) is 78.6 Å². The number of anilines is 1. The minimum Gasteiger partial charge on any atom is -0.376 e. The van der Waals surface area contributed by atoms with Crippen LogP contribution in [0.3, 0.4) is 0 Å². The van der Waals surface area contributed by atoms with Crippen LogP contribution in [0.2, 0.25) is 0 Å². The zero-order chi connectivity index (χ0) is 20.2. The molecule has 150 valence electrons. The molecule has 29 heavy (non-hydrogen) atoms. The molecule has 0 saturated carbocycles. The Morgan fingerprint density at radius 2 is 1.69 bits per heavy atom. The summed E-state index contributed by atoms with van der Waals surface area (Å²) in [5, 5.41) is 3.51. The van der Waals surface area contributed by atoms with E-state index >= 15 is 0 Å². The SMILES string of the molecule is CC1(C)CC(CCNc2cncc(-c3ccccc3)n2)(c2ccccc2)CCO1. The van der Waals surface area contributed by atoms with Crippen molar-refractivity contribution in [1.29, 1.82) is 0 Å². The van der Waals surface area contributed by atoms with E-state index in [4.69, 9.17) is 9.72 Å². The smallest absolute Gasteiger partial charge is 0.145 e. The first-order valence-corrected chi connectivity index (χ1v) is 10.4. The van der Waals surface area contributed by atoms with Gasteiger partial charge in [0.15, 0.2) is 0 Å². The molecule has 0 bridgehead atoms. The molecule has 2 aromatic carbocycles. The molecule has 0 aliphatic carbocycles. The van der Waals surface area contributed by atoms with Crippen molar-refractivity contribution in [2.45, 2.75) is 44.1 Å². The number of nitrogens with one attached hydrogen (secondary N) is 1. The van der Waals surface area contributed by atoms with Crippen LogP contribution in [0.1, 0.15) is 38.7 Å². The average Bonchev–Trinajstić information content (AvgIpc) is 2.75. The monoisotopic (exact) mass is 387 g/mol. The standard InChI is InChI=1S/C25H29N3O/c1-24(2)19-25(14-16-29-24,21-11-7-4-8-12-21)13-15-27-23-18-26-17-22(28-23)20-9-5-3-6-10-20/h3-12,17-18H,13-16,19H2,1-2H3,(H,27,28). The van der Waals surface area contributed by atoms with Gasteiger partial charge in [-0.15, -0.1) is 0 Å². The third-order valence-electron chi connectivity index (χ3n) is 5.84. The molecule has 1 aliphatic heterocycles. The molecule has 2 heterocycles. The summed E-state index contributed by atoms with van der Waals surface area (Å²) in [7, 11) is 0. The van der Waals surface area contributed by atoms with E-state index in [9.17, 15) is 0 Å². The molecule has 1 atom stereocenters. The van der Waals surface area contributed by atoms with Crippen LogP contribution in [0.25, 0.3) is 11.3 Å². The fourth-order valence-corrected chi connectivity index (χ4v) is 4.50. The molecule has 4 nitrogen and oxygen atoms in total. The number of benzene rings is 2. The number of rotatable bonds is 6. The second kappa shape index (κ2) is 8.34. The molecule has 1 unspecified atom stereocenters. The van der Waals surface area contributed by atoms with Crippen LogP contribution < -0.4 is 5.32 Å². The van der Waals surface area contributed by atoms with Crippen LogP contribution in [0, 0.1) is 0 Å². The van der Waals surface area contributed by atoms with Crippen molar-refractivity contribution < 1.29 is 4.74 Å². The highest BCUT2D eigenvalue weighted by Gasteiger charge is 2.41. The summed E-state index contributed by atoms with van der Waals surface area (Å²) in [6.07, 6.45) is 6.70. The molecule has 1 aromatic heterocycles. The molecule has 1 saturated heterocycles. The Hall–Kier alpha value is -2.72. The highest BCUT2D eigenvalue weighted by Crippen LogP contribution is 2.43. The summed E-state index contributed by atoms with van der Waals surface area (Å²) in [5.74, 6) is 0.820. The van der Waals surface area contributed by atoms with Gasteiger partial charge in [0.25, 0.3) is 0 Å². The molecule has 0 radical (unpaired) electrons. The van der Waals surface area contributed by atoms with Gasteiger partial charge in [-0.05, 0) is 38.7 Å². The Morgan fingerprint density at radius 3 is 2.41 bits per heavy atom. The van der Waals surface area contributed by atoms with Crippen molar-refractivity contribution in [1.82, 2.24) is 9.97 Å². The van der Waals surface area contributed by atoms with Gasteiger partial charge in [0, 0.05) is 24.1 Å². The Balaban J connectivity index is 1.49. The van der Waals surface area contributed by atoms with Gasteiger partial charge in [0.1, 0.15) is 5.82 Å². The first kappa shape index (κ1) is 19.6. The third-order valence-corrected chi connectivity index (χ3v) is 5.84. The molecule has 1 aliphatic rings. The van der Waals surface area contributed by atoms with E-state index in [1.54, 1.807) is 6.20 Å². The quantitative estimate of drug-likeness (QED) is 0.609. The van der Waals surface area contributed by atoms with Crippen molar-refractivity contribution in [3.63, 3.8) is 0 Å². The summed E-state index contributed by atoms with van der Waals surface area (Å²) in [5.41, 5.74) is 3.38. The molecular formula is C25H29N3O. The van der Waals surface area contributed by atoms with Crippen molar-refractivity contribution in [3.8, 4) is 11.3 Å². The van der Waals surface area contributed by atoms with Crippen LogP contribution in [0.15, 0.2) is 73.1 Å². The van der Waals surface area contributed by atoms with Crippen molar-refractivity contribution in [2.24, 2.45) is 0 Å². The Morgan fingerprint density at radius 1 is 0.966 bits per heavy atom. The minimum atomic E-state index is -0.110. The van der Waals surface area contributed by atoms with Crippen LogP contribution in [0.4, 0.5) is 5.82 Å². The summed E-state index contributed by atoms with van der Waals surface area (Å²) in [6, 6.07) is 21.1. The van der Waals surface area contributed by atoms with E-state index in [1.807, 2.05) is 24.4 Å². The maximum absolute atomic E-state index is 6.03. The number of ether oxygens (including phenoxy) is 1. The van der Waals surface area contributed by atoms with Crippen LogP contribution in [0.5, 0.6) is 0 Å². The van der Waals surface area contributed by atoms with E-state index in [0.29, 0.717) is 0 Å². The minimum absolute atomic E-state index is 0.110. The fraction of sp³-hybridized carbons (Fsp3) is 0.360. The normalized spacial score (nSPS) is 20.9. The van der Waals surface area contributed by atoms with Gasteiger partial charge in [-0.3, -0.25) is 4.98 Å². The number of hydrogen-bond acceptors (Lipinski definition) is 4. The number of nitrogens with zero attached hydrogens (tertiary/aromatic N) is 2. The van der Waals surface area contributed by atoms with Gasteiger partial charge in [0.05, 0.1) is 23.7 Å². The second-order valence-electron chi connectivity index (χ2n) is 8.51. The highest BCUT2D eigenvalue weighted by molar-refractivity contribution is 5.59. The largest absolute Gasteiger partial charge is 0.376 e. The Bertz CT molecular complexity index is 927. The predicted molar refractivity (Wildman–Crippen MR) is 118 cm³/mol. The van der Waals surface area contributed by atoms with Crippen LogP contribution in [-0.4, -0.2) is 28.7 Å². The summed E-state index contributed by atoms with van der Waals surface area (Å²) in [4.78, 5) is 9.13. The molecular weight excluding hydrogens is 358 g/mol. The van der Waals surface area contributed by atoms with E-state index < -0.39 is 0 Å². The highest BCUT2D eigenvalue weighted by atomic mass is 16.5. The Kier molecular flexibility index (Phi) is 5.63. The predicted octanol–water partition coefficient (Wildman–Crippen LogP) is 5.47. The van der Waals surface area contributed by atoms with Gasteiger partial charge >= 0.3 is 0 Å². The van der Waals surface area contributed by atoms with Gasteiger partial charge in [-0.1, -0.05) is 60.7 Å². The maximum Gasteiger partial charge on any atom is 0.145 e. The Labute approximate surface area is 173 Å². The topological polar surface area (TPSA) is 47.0 Å². The zero-order valence-corrected chi connectivity index (χ0v) is 17.3. The fourth-order valence-electron chi connectivity index (χ4n) is 4.50. The van der Waals surface area contributed by atoms with Crippen molar-refractivity contribution >= 4 is 5.82 Å². The first-order valence-electron chi connectivity index (χ1n) is 10.4. The average molecular weight is 388 g/mol. The molecule has 4 heteroatoms. The maximum atomic E-state index is 6.03. The van der Waals surface area contributed by atoms with Gasteiger partial charge in [-0.25, -0.2) is 4.98 Å². The van der Waals surface area contributed by atoms with E-state index in [2.05, 4.69) is 66.6 Å². The van der Waals surface area contributed by atoms with Crippen LogP contribution >= 0.6 is 0 Å². The summed E-state index contributed by atoms with van der Waals surface area (Å²) < 4.78 is 6.03. The lowest BCUT2D eigenvalue weighted by molar-refractivity contribution is -0.0835. The van der Waals surface area contributed by atoms with Crippen molar-refractivity contribution in [2.75, 3.05) is 18.5 Å². The van der Waals surface area contributed by atoms with E-state index in [1.165, 1.54) is 5.56 Å². The van der Waals surface area contributed by atoms with Gasteiger partial charge in [0.2, 0.25) is 0 Å². The molecule has 1 fully saturated rings. The first-order chi connectivity index (χ1) is 14.1. The molecule has 4 rings (SSSR count). The zero-order valence-electron chi connectivity index (χ0n) is 17.3. The lowest BCUT2D eigenvalue weighted by atomic mass is 9.67.